The fourth-order valence-electron chi connectivity index (χ4n) is 1.87. The van der Waals surface area contributed by atoms with E-state index in [1.807, 2.05) is 6.07 Å². The minimum absolute atomic E-state index is 0. The Bertz CT molecular complexity index is 356. The van der Waals surface area contributed by atoms with Gasteiger partial charge in [-0.05, 0) is 5.41 Å². The van der Waals surface area contributed by atoms with Gasteiger partial charge in [-0.15, -0.1) is 17.2 Å². The van der Waals surface area contributed by atoms with Crippen LogP contribution in [0.25, 0.3) is 0 Å². The van der Waals surface area contributed by atoms with E-state index in [2.05, 4.69) is 47.6 Å². The van der Waals surface area contributed by atoms with Crippen LogP contribution in [0, 0.1) is 6.07 Å². The first kappa shape index (κ1) is 16.1. The molecule has 87 valence electrons. The monoisotopic (exact) mass is 294 g/mol. The summed E-state index contributed by atoms with van der Waals surface area (Å²) in [6.07, 6.45) is 0. The Morgan fingerprint density at radius 2 is 1.44 bits per heavy atom. The Labute approximate surface area is 125 Å². The zero-order chi connectivity index (χ0) is 11.9. The van der Waals surface area contributed by atoms with Crippen molar-refractivity contribution in [3.8, 4) is 5.75 Å². The minimum atomic E-state index is -0.0399. The summed E-state index contributed by atoms with van der Waals surface area (Å²) < 4.78 is 0. The summed E-state index contributed by atoms with van der Waals surface area (Å²) in [7, 11) is 0. The zero-order valence-electron chi connectivity index (χ0n) is 11.2. The third kappa shape index (κ3) is 3.56. The van der Waals surface area contributed by atoms with E-state index in [0.29, 0.717) is 5.75 Å². The summed E-state index contributed by atoms with van der Waals surface area (Å²) in [6, 6.07) is 6.63. The van der Waals surface area contributed by atoms with Crippen LogP contribution < -0.4 is 0 Å². The smallest absolute Gasteiger partial charge is 0.00716 e. The molecule has 16 heavy (non-hydrogen) atoms. The summed E-state index contributed by atoms with van der Waals surface area (Å²) in [6.45, 7) is 12.8. The molecule has 0 heterocycles. The van der Waals surface area contributed by atoms with Gasteiger partial charge < -0.3 is 5.11 Å². The molecular weight excluding hydrogens is 273 g/mol. The summed E-state index contributed by atoms with van der Waals surface area (Å²) >= 11 is 0. The predicted octanol–water partition coefficient (Wildman–Crippen LogP) is 3.78. The number of benzene rings is 1. The molecule has 2 heteroatoms. The van der Waals surface area contributed by atoms with Gasteiger partial charge >= 0.3 is 0 Å². The van der Waals surface area contributed by atoms with Crippen molar-refractivity contribution in [2.24, 2.45) is 0 Å². The maximum atomic E-state index is 9.96. The zero-order valence-corrected chi connectivity index (χ0v) is 14.0. The molecule has 0 aliphatic carbocycles. The minimum Gasteiger partial charge on any atom is -0.565 e. The summed E-state index contributed by atoms with van der Waals surface area (Å²) in [5.74, 6) is 0.356. The fourth-order valence-corrected chi connectivity index (χ4v) is 1.87. The van der Waals surface area contributed by atoms with Crippen molar-refractivity contribution in [1.82, 2.24) is 0 Å². The van der Waals surface area contributed by atoms with Crippen molar-refractivity contribution in [3.05, 3.63) is 29.3 Å². The van der Waals surface area contributed by atoms with Crippen LogP contribution >= 0.6 is 0 Å². The SMILES string of the molecule is CC(C)(C)c1c[c-]cc(O)c1C(C)(C)C.[Y]. The van der Waals surface area contributed by atoms with Crippen LogP contribution in [0.3, 0.4) is 0 Å². The molecule has 0 atom stereocenters. The normalized spacial score (nSPS) is 12.1. The second kappa shape index (κ2) is 5.18. The van der Waals surface area contributed by atoms with E-state index in [0.717, 1.165) is 5.56 Å². The maximum Gasteiger partial charge on any atom is 0.00716 e. The summed E-state index contributed by atoms with van der Waals surface area (Å²) in [5, 5.41) is 9.96. The van der Waals surface area contributed by atoms with E-state index in [1.54, 1.807) is 6.07 Å². The molecule has 0 bridgehead atoms. The molecule has 0 aliphatic heterocycles. The van der Waals surface area contributed by atoms with Crippen LogP contribution in [0.4, 0.5) is 0 Å². The standard InChI is InChI=1S/C14H21O.Y/c1-13(2,3)10-8-7-9-11(15)12(10)14(4,5)6;/h8-9,15H,1-6H3;/q-1;. The van der Waals surface area contributed by atoms with E-state index in [1.165, 1.54) is 5.56 Å². The molecule has 0 spiro atoms. The van der Waals surface area contributed by atoms with Crippen LogP contribution in [0.2, 0.25) is 0 Å². The maximum absolute atomic E-state index is 9.96. The van der Waals surface area contributed by atoms with Crippen LogP contribution in [-0.4, -0.2) is 5.11 Å². The number of aromatic hydroxyl groups is 1. The van der Waals surface area contributed by atoms with E-state index in [-0.39, 0.29) is 43.5 Å². The van der Waals surface area contributed by atoms with E-state index >= 15 is 0 Å². The largest absolute Gasteiger partial charge is 0.565 e. The van der Waals surface area contributed by atoms with Gasteiger partial charge in [-0.25, -0.2) is 0 Å². The molecule has 1 nitrogen and oxygen atoms in total. The van der Waals surface area contributed by atoms with Crippen LogP contribution in [0.15, 0.2) is 12.1 Å². The fraction of sp³-hybridized carbons (Fsp3) is 0.571. The van der Waals surface area contributed by atoms with Crippen LogP contribution in [-0.2, 0) is 43.5 Å². The number of rotatable bonds is 0. The molecule has 1 aromatic carbocycles. The molecule has 0 saturated carbocycles. The van der Waals surface area contributed by atoms with E-state index < -0.39 is 0 Å². The second-order valence-electron chi connectivity index (χ2n) is 6.13. The van der Waals surface area contributed by atoms with Gasteiger partial charge in [0.2, 0.25) is 0 Å². The Morgan fingerprint density at radius 1 is 0.938 bits per heavy atom. The van der Waals surface area contributed by atoms with Crippen molar-refractivity contribution in [2.45, 2.75) is 52.4 Å². The van der Waals surface area contributed by atoms with Crippen LogP contribution in [0.1, 0.15) is 52.7 Å². The molecule has 1 radical (unpaired) electrons. The van der Waals surface area contributed by atoms with Crippen molar-refractivity contribution in [3.63, 3.8) is 0 Å². The van der Waals surface area contributed by atoms with Crippen molar-refractivity contribution < 1.29 is 37.8 Å². The Morgan fingerprint density at radius 3 is 1.75 bits per heavy atom. The van der Waals surface area contributed by atoms with Crippen LogP contribution in [0.5, 0.6) is 5.75 Å². The Hall–Kier alpha value is 0.124. The third-order valence-corrected chi connectivity index (χ3v) is 2.53. The third-order valence-electron chi connectivity index (χ3n) is 2.53. The number of phenols is 1. The van der Waals surface area contributed by atoms with Gasteiger partial charge in [0.25, 0.3) is 0 Å². The summed E-state index contributed by atoms with van der Waals surface area (Å²) in [4.78, 5) is 0. The molecule has 0 aliphatic rings. The first-order valence-corrected chi connectivity index (χ1v) is 5.38. The second-order valence-corrected chi connectivity index (χ2v) is 6.13. The number of hydrogen-bond donors (Lipinski definition) is 1. The number of hydrogen-bond acceptors (Lipinski definition) is 1. The average molecular weight is 294 g/mol. The van der Waals surface area contributed by atoms with Gasteiger partial charge in [-0.2, -0.15) is 12.1 Å². The van der Waals surface area contributed by atoms with Gasteiger partial charge in [0.15, 0.2) is 0 Å². The van der Waals surface area contributed by atoms with Gasteiger partial charge in [0.05, 0.1) is 0 Å². The molecule has 0 fully saturated rings. The van der Waals surface area contributed by atoms with Gasteiger partial charge in [-0.1, -0.05) is 47.0 Å². The first-order chi connectivity index (χ1) is 6.64. The van der Waals surface area contributed by atoms with Gasteiger partial charge in [-0.3, -0.25) is 0 Å². The molecule has 1 N–H and O–H groups in total. The molecule has 1 rings (SSSR count). The Kier molecular flexibility index (Phi) is 5.22. The Balaban J connectivity index is 0.00000225. The molecule has 1 aromatic rings. The number of phenolic OH excluding ortho intramolecular Hbond substituents is 1. The van der Waals surface area contributed by atoms with Crippen molar-refractivity contribution in [2.75, 3.05) is 0 Å². The molecule has 0 aromatic heterocycles. The average Bonchev–Trinajstić information content (AvgIpc) is 1.99. The van der Waals surface area contributed by atoms with Gasteiger partial charge in [0.1, 0.15) is 0 Å². The molecule has 0 unspecified atom stereocenters. The molecule has 0 amide bonds. The van der Waals surface area contributed by atoms with Gasteiger partial charge in [0, 0.05) is 38.5 Å². The molecule has 0 saturated heterocycles. The first-order valence-electron chi connectivity index (χ1n) is 5.38. The predicted molar refractivity (Wildman–Crippen MR) is 64.3 cm³/mol. The topological polar surface area (TPSA) is 20.2 Å². The van der Waals surface area contributed by atoms with E-state index in [4.69, 9.17) is 0 Å². The van der Waals surface area contributed by atoms with Crippen molar-refractivity contribution >= 4 is 0 Å². The summed E-state index contributed by atoms with van der Waals surface area (Å²) in [5.41, 5.74) is 2.21. The molecular formula is C14H21OY-. The van der Waals surface area contributed by atoms with Crippen molar-refractivity contribution in [1.29, 1.82) is 0 Å². The quantitative estimate of drug-likeness (QED) is 0.722. The van der Waals surface area contributed by atoms with E-state index in [9.17, 15) is 5.11 Å².